The number of aryl methyl sites for hydroxylation is 2. The van der Waals surface area contributed by atoms with Crippen molar-refractivity contribution in [3.05, 3.63) is 62.7 Å². The van der Waals surface area contributed by atoms with E-state index >= 15 is 0 Å². The van der Waals surface area contributed by atoms with E-state index in [1.165, 1.54) is 18.2 Å². The molecule has 0 aliphatic carbocycles. The fourth-order valence-corrected chi connectivity index (χ4v) is 2.13. The molecule has 0 amide bonds. The molecule has 110 valence electrons. The second-order valence-electron chi connectivity index (χ2n) is 5.08. The normalized spacial score (nSPS) is 10.4. The summed E-state index contributed by atoms with van der Waals surface area (Å²) >= 11 is 0. The molecule has 0 spiro atoms. The van der Waals surface area contributed by atoms with Gasteiger partial charge >= 0.3 is 0 Å². The molecule has 0 unspecified atom stereocenters. The van der Waals surface area contributed by atoms with Crippen molar-refractivity contribution in [3.63, 3.8) is 0 Å². The lowest BCUT2D eigenvalue weighted by Gasteiger charge is -2.14. The Labute approximate surface area is 123 Å². The Bertz CT molecular complexity index is 696. The maximum atomic E-state index is 10.8. The van der Waals surface area contributed by atoms with Crippen LogP contribution < -0.4 is 10.5 Å². The van der Waals surface area contributed by atoms with Crippen LogP contribution in [0.4, 0.5) is 11.4 Å². The second-order valence-corrected chi connectivity index (χ2v) is 5.08. The molecule has 5 nitrogen and oxygen atoms in total. The predicted molar refractivity (Wildman–Crippen MR) is 82.5 cm³/mol. The lowest BCUT2D eigenvalue weighted by molar-refractivity contribution is -0.384. The van der Waals surface area contributed by atoms with Gasteiger partial charge in [-0.25, -0.2) is 0 Å². The Morgan fingerprint density at radius 2 is 1.81 bits per heavy atom. The minimum Gasteiger partial charge on any atom is -0.488 e. The van der Waals surface area contributed by atoms with E-state index in [2.05, 4.69) is 0 Å². The zero-order valence-corrected chi connectivity index (χ0v) is 12.3. The van der Waals surface area contributed by atoms with Crippen LogP contribution in [0.25, 0.3) is 0 Å². The summed E-state index contributed by atoms with van der Waals surface area (Å²) in [6.45, 7) is 6.19. The highest BCUT2D eigenvalue weighted by atomic mass is 16.6. The Balaban J connectivity index is 2.26. The highest BCUT2D eigenvalue weighted by Gasteiger charge is 2.11. The summed E-state index contributed by atoms with van der Waals surface area (Å²) in [6, 6.07) is 8.41. The fraction of sp³-hybridized carbons (Fsp3) is 0.250. The first-order chi connectivity index (χ1) is 9.90. The number of nitro groups is 1. The maximum Gasteiger partial charge on any atom is 0.269 e. The van der Waals surface area contributed by atoms with E-state index in [0.717, 1.165) is 22.4 Å². The highest BCUT2D eigenvalue weighted by molar-refractivity contribution is 5.53. The third kappa shape index (κ3) is 3.13. The van der Waals surface area contributed by atoms with Crippen LogP contribution in [0.5, 0.6) is 5.75 Å². The van der Waals surface area contributed by atoms with Gasteiger partial charge in [0, 0.05) is 23.4 Å². The zero-order chi connectivity index (χ0) is 15.6. The van der Waals surface area contributed by atoms with Gasteiger partial charge in [-0.1, -0.05) is 12.1 Å². The van der Waals surface area contributed by atoms with Gasteiger partial charge in [0.05, 0.1) is 4.92 Å². The van der Waals surface area contributed by atoms with E-state index in [4.69, 9.17) is 10.5 Å². The first-order valence-electron chi connectivity index (χ1n) is 6.62. The van der Waals surface area contributed by atoms with Crippen LogP contribution >= 0.6 is 0 Å². The second kappa shape index (κ2) is 5.83. The minimum absolute atomic E-state index is 0.0143. The van der Waals surface area contributed by atoms with Crippen LogP contribution in [0.1, 0.15) is 22.3 Å². The number of nitrogen functional groups attached to an aromatic ring is 1. The summed E-state index contributed by atoms with van der Waals surface area (Å²) in [7, 11) is 0. The van der Waals surface area contributed by atoms with Crippen LogP contribution in [0, 0.1) is 30.9 Å². The molecule has 0 aromatic heterocycles. The summed E-state index contributed by atoms with van der Waals surface area (Å²) in [6.07, 6.45) is 0. The first kappa shape index (κ1) is 14.8. The topological polar surface area (TPSA) is 78.4 Å². The number of hydrogen-bond donors (Lipinski definition) is 1. The smallest absolute Gasteiger partial charge is 0.269 e. The van der Waals surface area contributed by atoms with Crippen LogP contribution in [-0.4, -0.2) is 4.92 Å². The van der Waals surface area contributed by atoms with Gasteiger partial charge in [0.15, 0.2) is 0 Å². The monoisotopic (exact) mass is 286 g/mol. The fourth-order valence-electron chi connectivity index (χ4n) is 2.13. The van der Waals surface area contributed by atoms with Crippen molar-refractivity contribution in [2.75, 3.05) is 5.73 Å². The maximum absolute atomic E-state index is 10.8. The van der Waals surface area contributed by atoms with Crippen molar-refractivity contribution in [1.29, 1.82) is 0 Å². The number of non-ortho nitro benzene ring substituents is 1. The number of ether oxygens (including phenoxy) is 1. The third-order valence-corrected chi connectivity index (χ3v) is 3.58. The molecule has 2 aromatic carbocycles. The van der Waals surface area contributed by atoms with Crippen molar-refractivity contribution in [2.45, 2.75) is 27.4 Å². The van der Waals surface area contributed by atoms with Crippen LogP contribution in [0.3, 0.4) is 0 Å². The van der Waals surface area contributed by atoms with Crippen molar-refractivity contribution in [1.82, 2.24) is 0 Å². The van der Waals surface area contributed by atoms with Gasteiger partial charge in [0.25, 0.3) is 5.69 Å². The van der Waals surface area contributed by atoms with Crippen molar-refractivity contribution in [2.24, 2.45) is 0 Å². The van der Waals surface area contributed by atoms with E-state index in [1.807, 2.05) is 32.9 Å². The number of anilines is 1. The molecule has 0 saturated heterocycles. The molecule has 2 N–H and O–H groups in total. The van der Waals surface area contributed by atoms with Crippen LogP contribution in [-0.2, 0) is 6.61 Å². The number of nitrogens with zero attached hydrogens (tertiary/aromatic N) is 1. The van der Waals surface area contributed by atoms with Crippen LogP contribution in [0.2, 0.25) is 0 Å². The Morgan fingerprint density at radius 3 is 2.48 bits per heavy atom. The van der Waals surface area contributed by atoms with E-state index < -0.39 is 4.92 Å². The van der Waals surface area contributed by atoms with Gasteiger partial charge in [-0.05, 0) is 43.5 Å². The van der Waals surface area contributed by atoms with E-state index in [1.54, 1.807) is 0 Å². The molecule has 21 heavy (non-hydrogen) atoms. The third-order valence-electron chi connectivity index (χ3n) is 3.58. The lowest BCUT2D eigenvalue weighted by atomic mass is 10.1. The summed E-state index contributed by atoms with van der Waals surface area (Å²) in [5.41, 5.74) is 10.2. The Hall–Kier alpha value is -2.56. The van der Waals surface area contributed by atoms with Gasteiger partial charge < -0.3 is 10.5 Å². The number of benzene rings is 2. The Morgan fingerprint density at radius 1 is 1.14 bits per heavy atom. The molecular formula is C16H18N2O3. The molecule has 0 aliphatic heterocycles. The van der Waals surface area contributed by atoms with E-state index in [0.29, 0.717) is 11.3 Å². The highest BCUT2D eigenvalue weighted by Crippen LogP contribution is 2.28. The molecule has 0 saturated carbocycles. The molecule has 2 rings (SSSR count). The van der Waals surface area contributed by atoms with Gasteiger partial charge in [0.2, 0.25) is 0 Å². The molecule has 0 aliphatic rings. The number of nitrogens with two attached hydrogens (primary N) is 1. The summed E-state index contributed by atoms with van der Waals surface area (Å²) in [4.78, 5) is 10.4. The number of nitro benzene ring substituents is 1. The molecule has 0 atom stereocenters. The lowest BCUT2D eigenvalue weighted by Crippen LogP contribution is -2.04. The minimum atomic E-state index is -0.438. The van der Waals surface area contributed by atoms with Gasteiger partial charge in [-0.15, -0.1) is 0 Å². The standard InChI is InChI=1S/C16H18N2O3/c1-10-4-5-11(2)16(12(10)3)21-9-13-8-14(18(19)20)6-7-15(13)17/h4-8H,9,17H2,1-3H3. The van der Waals surface area contributed by atoms with E-state index in [-0.39, 0.29) is 12.3 Å². The molecule has 5 heteroatoms. The predicted octanol–water partition coefficient (Wildman–Crippen LogP) is 3.68. The Kier molecular flexibility index (Phi) is 4.12. The van der Waals surface area contributed by atoms with Gasteiger partial charge in [0.1, 0.15) is 12.4 Å². The molecule has 0 heterocycles. The SMILES string of the molecule is Cc1ccc(C)c(OCc2cc([N+](=O)[O-])ccc2N)c1C. The first-order valence-corrected chi connectivity index (χ1v) is 6.62. The molecule has 0 bridgehead atoms. The quantitative estimate of drug-likeness (QED) is 0.528. The average Bonchev–Trinajstić information content (AvgIpc) is 2.44. The molecule has 2 aromatic rings. The molecule has 0 fully saturated rings. The van der Waals surface area contributed by atoms with Gasteiger partial charge in [-0.2, -0.15) is 0 Å². The van der Waals surface area contributed by atoms with Crippen LogP contribution in [0.15, 0.2) is 30.3 Å². The summed E-state index contributed by atoms with van der Waals surface area (Å²) < 4.78 is 5.85. The van der Waals surface area contributed by atoms with Crippen molar-refractivity contribution in [3.8, 4) is 5.75 Å². The number of hydrogen-bond acceptors (Lipinski definition) is 4. The summed E-state index contributed by atoms with van der Waals surface area (Å²) in [5.74, 6) is 0.806. The largest absolute Gasteiger partial charge is 0.488 e. The molecular weight excluding hydrogens is 268 g/mol. The van der Waals surface area contributed by atoms with E-state index in [9.17, 15) is 10.1 Å². The average molecular weight is 286 g/mol. The summed E-state index contributed by atoms with van der Waals surface area (Å²) in [5, 5.41) is 10.8. The van der Waals surface area contributed by atoms with Gasteiger partial charge in [-0.3, -0.25) is 10.1 Å². The number of rotatable bonds is 4. The zero-order valence-electron chi connectivity index (χ0n) is 12.3. The molecule has 0 radical (unpaired) electrons. The van der Waals surface area contributed by atoms with Crippen molar-refractivity contribution >= 4 is 11.4 Å². The van der Waals surface area contributed by atoms with Crippen molar-refractivity contribution < 1.29 is 9.66 Å².